The topological polar surface area (TPSA) is 66.4 Å². The molecule has 1 unspecified atom stereocenters. The van der Waals surface area contributed by atoms with Crippen LogP contribution in [0.25, 0.3) is 0 Å². The third-order valence-electron chi connectivity index (χ3n) is 3.07. The molecule has 0 spiro atoms. The molecular formula is C13H17NO3S. The Balaban J connectivity index is 2.01. The lowest BCUT2D eigenvalue weighted by molar-refractivity contribution is 0.466. The molecule has 0 bridgehead atoms. The maximum Gasteiger partial charge on any atom is 0.240 e. The van der Waals surface area contributed by atoms with Crippen LogP contribution in [0.3, 0.4) is 0 Å². The third kappa shape index (κ3) is 3.34. The molecule has 1 aromatic carbocycles. The molecule has 0 aromatic heterocycles. The molecule has 0 heterocycles. The van der Waals surface area contributed by atoms with Crippen molar-refractivity contribution in [2.24, 2.45) is 5.92 Å². The van der Waals surface area contributed by atoms with Gasteiger partial charge < -0.3 is 5.11 Å². The number of sulfonamides is 1. The van der Waals surface area contributed by atoms with Gasteiger partial charge in [-0.3, -0.25) is 0 Å². The summed E-state index contributed by atoms with van der Waals surface area (Å²) in [4.78, 5) is 0.105. The molecule has 5 heteroatoms. The minimum absolute atomic E-state index is 0.0431. The lowest BCUT2D eigenvalue weighted by atomic mass is 9.95. The highest BCUT2D eigenvalue weighted by atomic mass is 32.2. The number of benzene rings is 1. The van der Waals surface area contributed by atoms with Crippen LogP contribution in [0.5, 0.6) is 5.75 Å². The lowest BCUT2D eigenvalue weighted by Gasteiger charge is -2.18. The predicted molar refractivity (Wildman–Crippen MR) is 69.8 cm³/mol. The van der Waals surface area contributed by atoms with Gasteiger partial charge in [0.2, 0.25) is 10.0 Å². The molecule has 0 radical (unpaired) electrons. The van der Waals surface area contributed by atoms with Gasteiger partial charge in [-0.1, -0.05) is 18.2 Å². The summed E-state index contributed by atoms with van der Waals surface area (Å²) in [5, 5.41) is 9.29. The Morgan fingerprint density at radius 2 is 2.17 bits per heavy atom. The summed E-state index contributed by atoms with van der Waals surface area (Å²) in [6.07, 6.45) is 7.16. The van der Waals surface area contributed by atoms with Gasteiger partial charge in [0.1, 0.15) is 5.75 Å². The number of rotatable bonds is 4. The first kappa shape index (κ1) is 13.1. The Hall–Kier alpha value is -1.33. The van der Waals surface area contributed by atoms with Crippen molar-refractivity contribution >= 4 is 10.0 Å². The van der Waals surface area contributed by atoms with E-state index in [0.717, 1.165) is 19.3 Å². The molecule has 18 heavy (non-hydrogen) atoms. The number of nitrogens with one attached hydrogen (secondary N) is 1. The predicted octanol–water partition coefficient (Wildman–Crippen LogP) is 2.03. The van der Waals surface area contributed by atoms with Crippen molar-refractivity contribution in [3.05, 3.63) is 36.4 Å². The smallest absolute Gasteiger partial charge is 0.240 e. The zero-order valence-corrected chi connectivity index (χ0v) is 10.9. The average Bonchev–Trinajstić information content (AvgIpc) is 2.38. The minimum Gasteiger partial charge on any atom is -0.508 e. The minimum atomic E-state index is -3.52. The highest BCUT2D eigenvalue weighted by Gasteiger charge is 2.17. The summed E-state index contributed by atoms with van der Waals surface area (Å²) in [6, 6.07) is 5.70. The molecule has 4 nitrogen and oxygen atoms in total. The molecule has 2 rings (SSSR count). The van der Waals surface area contributed by atoms with Gasteiger partial charge >= 0.3 is 0 Å². The molecule has 1 aliphatic rings. The number of phenols is 1. The summed E-state index contributed by atoms with van der Waals surface area (Å²) < 4.78 is 26.6. The summed E-state index contributed by atoms with van der Waals surface area (Å²) in [5.74, 6) is 0.320. The SMILES string of the molecule is O=S(=O)(NCC1CC=CCC1)c1cccc(O)c1. The van der Waals surface area contributed by atoms with Gasteiger partial charge in [0.25, 0.3) is 0 Å². The number of hydrogen-bond acceptors (Lipinski definition) is 3. The maximum atomic E-state index is 12.0. The maximum absolute atomic E-state index is 12.0. The first-order valence-corrected chi connectivity index (χ1v) is 7.50. The highest BCUT2D eigenvalue weighted by molar-refractivity contribution is 7.89. The molecule has 2 N–H and O–H groups in total. The molecule has 0 saturated heterocycles. The van der Waals surface area contributed by atoms with Crippen LogP contribution in [0.2, 0.25) is 0 Å². The molecule has 0 saturated carbocycles. The Labute approximate surface area is 107 Å². The standard InChI is InChI=1S/C13H17NO3S/c15-12-7-4-8-13(9-12)18(16,17)14-10-11-5-2-1-3-6-11/h1-2,4,7-9,11,14-15H,3,5-6,10H2. The fourth-order valence-corrected chi connectivity index (χ4v) is 3.16. The Kier molecular flexibility index (Phi) is 4.04. The number of hydrogen-bond donors (Lipinski definition) is 2. The summed E-state index contributed by atoms with van der Waals surface area (Å²) in [5.41, 5.74) is 0. The van der Waals surface area contributed by atoms with E-state index in [2.05, 4.69) is 16.9 Å². The van der Waals surface area contributed by atoms with Crippen LogP contribution < -0.4 is 4.72 Å². The van der Waals surface area contributed by atoms with Gasteiger partial charge in [-0.15, -0.1) is 0 Å². The zero-order chi connectivity index (χ0) is 13.0. The van der Waals surface area contributed by atoms with Crippen molar-refractivity contribution in [2.75, 3.05) is 6.54 Å². The third-order valence-corrected chi connectivity index (χ3v) is 4.49. The first-order chi connectivity index (χ1) is 8.58. The van der Waals surface area contributed by atoms with Gasteiger partial charge in [-0.05, 0) is 43.4 Å². The Bertz CT molecular complexity index is 537. The van der Waals surface area contributed by atoms with Crippen molar-refractivity contribution in [1.29, 1.82) is 0 Å². The van der Waals surface area contributed by atoms with Gasteiger partial charge in [0.05, 0.1) is 4.90 Å². The fourth-order valence-electron chi connectivity index (χ4n) is 2.00. The van der Waals surface area contributed by atoms with E-state index in [1.54, 1.807) is 0 Å². The normalized spacial score (nSPS) is 19.9. The van der Waals surface area contributed by atoms with Crippen molar-refractivity contribution in [2.45, 2.75) is 24.2 Å². The van der Waals surface area contributed by atoms with Crippen molar-refractivity contribution < 1.29 is 13.5 Å². The van der Waals surface area contributed by atoms with Crippen LogP contribution in [0.15, 0.2) is 41.3 Å². The molecule has 0 amide bonds. The van der Waals surface area contributed by atoms with E-state index in [9.17, 15) is 13.5 Å². The summed E-state index contributed by atoms with van der Waals surface area (Å²) in [6.45, 7) is 0.447. The van der Waals surface area contributed by atoms with Crippen molar-refractivity contribution in [3.8, 4) is 5.75 Å². The van der Waals surface area contributed by atoms with E-state index in [1.807, 2.05) is 0 Å². The molecule has 1 atom stereocenters. The van der Waals surface area contributed by atoms with Crippen LogP contribution in [-0.4, -0.2) is 20.1 Å². The van der Waals surface area contributed by atoms with E-state index in [4.69, 9.17) is 0 Å². The molecule has 0 aliphatic heterocycles. The van der Waals surface area contributed by atoms with E-state index in [-0.39, 0.29) is 10.6 Å². The number of aromatic hydroxyl groups is 1. The van der Waals surface area contributed by atoms with E-state index in [0.29, 0.717) is 12.5 Å². The average molecular weight is 267 g/mol. The highest BCUT2D eigenvalue weighted by Crippen LogP contribution is 2.19. The number of phenolic OH excluding ortho intramolecular Hbond substituents is 1. The van der Waals surface area contributed by atoms with Gasteiger partial charge in [-0.2, -0.15) is 0 Å². The summed E-state index contributed by atoms with van der Waals surface area (Å²) >= 11 is 0. The quantitative estimate of drug-likeness (QED) is 0.820. The second-order valence-electron chi connectivity index (χ2n) is 4.50. The first-order valence-electron chi connectivity index (χ1n) is 6.01. The zero-order valence-electron chi connectivity index (χ0n) is 10.0. The van der Waals surface area contributed by atoms with E-state index >= 15 is 0 Å². The second kappa shape index (κ2) is 5.54. The van der Waals surface area contributed by atoms with Crippen LogP contribution in [-0.2, 0) is 10.0 Å². The van der Waals surface area contributed by atoms with Gasteiger partial charge in [0.15, 0.2) is 0 Å². The van der Waals surface area contributed by atoms with Gasteiger partial charge in [0, 0.05) is 6.54 Å². The number of allylic oxidation sites excluding steroid dienone is 2. The van der Waals surface area contributed by atoms with Crippen LogP contribution >= 0.6 is 0 Å². The molecule has 98 valence electrons. The molecule has 1 aliphatic carbocycles. The van der Waals surface area contributed by atoms with Crippen LogP contribution in [0.4, 0.5) is 0 Å². The Morgan fingerprint density at radius 3 is 2.83 bits per heavy atom. The van der Waals surface area contributed by atoms with Gasteiger partial charge in [-0.25, -0.2) is 13.1 Å². The lowest BCUT2D eigenvalue weighted by Crippen LogP contribution is -2.29. The van der Waals surface area contributed by atoms with Crippen LogP contribution in [0.1, 0.15) is 19.3 Å². The molecular weight excluding hydrogens is 250 g/mol. The monoisotopic (exact) mass is 267 g/mol. The Morgan fingerprint density at radius 1 is 1.33 bits per heavy atom. The van der Waals surface area contributed by atoms with E-state index in [1.165, 1.54) is 24.3 Å². The summed E-state index contributed by atoms with van der Waals surface area (Å²) in [7, 11) is -3.52. The molecule has 1 aromatic rings. The largest absolute Gasteiger partial charge is 0.508 e. The van der Waals surface area contributed by atoms with E-state index < -0.39 is 10.0 Å². The second-order valence-corrected chi connectivity index (χ2v) is 6.27. The van der Waals surface area contributed by atoms with Crippen molar-refractivity contribution in [3.63, 3.8) is 0 Å². The van der Waals surface area contributed by atoms with Crippen molar-refractivity contribution in [1.82, 2.24) is 4.72 Å². The van der Waals surface area contributed by atoms with Crippen LogP contribution in [0, 0.1) is 5.92 Å². The molecule has 0 fully saturated rings. The fraction of sp³-hybridized carbons (Fsp3) is 0.385.